The van der Waals surface area contributed by atoms with Crippen LogP contribution in [0.3, 0.4) is 0 Å². The zero-order valence-electron chi connectivity index (χ0n) is 10.5. The third-order valence-corrected chi connectivity index (χ3v) is 4.15. The second kappa shape index (κ2) is 6.87. The van der Waals surface area contributed by atoms with Gasteiger partial charge in [-0.15, -0.1) is 0 Å². The summed E-state index contributed by atoms with van der Waals surface area (Å²) in [4.78, 5) is 11.0. The highest BCUT2D eigenvalue weighted by Gasteiger charge is 2.14. The number of amides is 1. The number of sulfone groups is 1. The summed E-state index contributed by atoms with van der Waals surface area (Å²) in [5.41, 5.74) is 0.305. The number of likely N-dealkylation sites (N-methyl/N-ethyl adjacent to an activating group) is 1. The lowest BCUT2D eigenvalue weighted by atomic mass is 10.2. The second-order valence-corrected chi connectivity index (χ2v) is 5.92. The fourth-order valence-electron chi connectivity index (χ4n) is 1.37. The molecule has 7 heteroatoms. The minimum Gasteiger partial charge on any atom is -0.358 e. The summed E-state index contributed by atoms with van der Waals surface area (Å²) >= 11 is 0. The first kappa shape index (κ1) is 15.1. The minimum atomic E-state index is -3.44. The highest BCUT2D eigenvalue weighted by molar-refractivity contribution is 7.91. The zero-order chi connectivity index (χ0) is 14.3. The summed E-state index contributed by atoms with van der Waals surface area (Å²) in [5.74, 6) is -0.331. The Bertz CT molecular complexity index is 590. The van der Waals surface area contributed by atoms with E-state index in [1.165, 1.54) is 25.2 Å². The third-order valence-electron chi connectivity index (χ3n) is 2.43. The Morgan fingerprint density at radius 3 is 2.79 bits per heavy atom. The molecule has 1 rings (SSSR count). The Balaban J connectivity index is 2.61. The molecule has 0 fully saturated rings. The summed E-state index contributed by atoms with van der Waals surface area (Å²) in [7, 11) is -1.93. The molecule has 1 amide bonds. The summed E-state index contributed by atoms with van der Waals surface area (Å²) in [6.45, 7) is 0.247. The van der Waals surface area contributed by atoms with Crippen LogP contribution in [0, 0.1) is 11.3 Å². The van der Waals surface area contributed by atoms with E-state index in [2.05, 4.69) is 10.6 Å². The van der Waals surface area contributed by atoms with Crippen LogP contribution in [0.25, 0.3) is 0 Å². The number of carbonyl (C=O) groups excluding carboxylic acids is 1. The molecule has 102 valence electrons. The first-order chi connectivity index (χ1) is 8.99. The molecule has 0 aromatic heterocycles. The van der Waals surface area contributed by atoms with Gasteiger partial charge in [-0.1, -0.05) is 6.07 Å². The zero-order valence-corrected chi connectivity index (χ0v) is 11.3. The van der Waals surface area contributed by atoms with Gasteiger partial charge in [-0.05, 0) is 18.2 Å². The van der Waals surface area contributed by atoms with Crippen molar-refractivity contribution in [2.45, 2.75) is 4.90 Å². The van der Waals surface area contributed by atoms with Gasteiger partial charge in [0, 0.05) is 13.6 Å². The average Bonchev–Trinajstić information content (AvgIpc) is 2.43. The normalized spacial score (nSPS) is 10.7. The molecule has 1 aromatic rings. The molecule has 19 heavy (non-hydrogen) atoms. The van der Waals surface area contributed by atoms with E-state index in [1.54, 1.807) is 6.07 Å². The molecule has 2 N–H and O–H groups in total. The fraction of sp³-hybridized carbons (Fsp3) is 0.333. The van der Waals surface area contributed by atoms with Crippen molar-refractivity contribution in [3.8, 4) is 6.07 Å². The van der Waals surface area contributed by atoms with Gasteiger partial charge < -0.3 is 10.6 Å². The molecule has 0 aliphatic carbocycles. The van der Waals surface area contributed by atoms with Crippen molar-refractivity contribution in [2.75, 3.05) is 25.9 Å². The van der Waals surface area contributed by atoms with Crippen molar-refractivity contribution in [3.63, 3.8) is 0 Å². The van der Waals surface area contributed by atoms with E-state index >= 15 is 0 Å². The summed E-state index contributed by atoms with van der Waals surface area (Å²) in [6.07, 6.45) is 0. The first-order valence-corrected chi connectivity index (χ1v) is 7.29. The molecule has 0 atom stereocenters. The van der Waals surface area contributed by atoms with E-state index < -0.39 is 9.84 Å². The lowest BCUT2D eigenvalue weighted by Gasteiger charge is -2.06. The van der Waals surface area contributed by atoms with Crippen LogP contribution in [-0.2, 0) is 14.6 Å². The number of hydrogen-bond acceptors (Lipinski definition) is 5. The van der Waals surface area contributed by atoms with Crippen LogP contribution in [0.2, 0.25) is 0 Å². The standard InChI is InChI=1S/C12H15N3O3S/c1-14-12(16)9-15-5-6-19(17,18)11-4-2-3-10(7-11)8-13/h2-4,7,15H,5-6,9H2,1H3,(H,14,16). The van der Waals surface area contributed by atoms with Gasteiger partial charge in [0.1, 0.15) is 0 Å². The minimum absolute atomic E-state index is 0.0737. The monoisotopic (exact) mass is 281 g/mol. The predicted octanol–water partition coefficient (Wildman–Crippen LogP) is -0.332. The molecule has 0 saturated heterocycles. The number of rotatable bonds is 6. The maximum Gasteiger partial charge on any atom is 0.233 e. The van der Waals surface area contributed by atoms with Crippen molar-refractivity contribution < 1.29 is 13.2 Å². The van der Waals surface area contributed by atoms with Gasteiger partial charge in [-0.25, -0.2) is 8.42 Å². The lowest BCUT2D eigenvalue weighted by Crippen LogP contribution is -2.34. The van der Waals surface area contributed by atoms with Gasteiger partial charge in [0.05, 0.1) is 28.8 Å². The van der Waals surface area contributed by atoms with Crippen LogP contribution in [0.4, 0.5) is 0 Å². The van der Waals surface area contributed by atoms with E-state index in [0.29, 0.717) is 5.56 Å². The Morgan fingerprint density at radius 1 is 1.42 bits per heavy atom. The Hall–Kier alpha value is -1.91. The number of carbonyl (C=O) groups is 1. The topological polar surface area (TPSA) is 99.1 Å². The number of benzene rings is 1. The van der Waals surface area contributed by atoms with Crippen LogP contribution < -0.4 is 10.6 Å². The molecular weight excluding hydrogens is 266 g/mol. The van der Waals surface area contributed by atoms with Crippen molar-refractivity contribution in [2.24, 2.45) is 0 Å². The molecule has 0 spiro atoms. The molecule has 0 unspecified atom stereocenters. The van der Waals surface area contributed by atoms with Crippen molar-refractivity contribution >= 4 is 15.7 Å². The highest BCUT2D eigenvalue weighted by atomic mass is 32.2. The van der Waals surface area contributed by atoms with Gasteiger partial charge in [-0.2, -0.15) is 5.26 Å². The van der Waals surface area contributed by atoms with Crippen LogP contribution in [-0.4, -0.2) is 40.2 Å². The van der Waals surface area contributed by atoms with Crippen molar-refractivity contribution in [1.29, 1.82) is 5.26 Å². The first-order valence-electron chi connectivity index (χ1n) is 5.64. The molecule has 0 saturated carbocycles. The maximum absolute atomic E-state index is 12.0. The van der Waals surface area contributed by atoms with Crippen LogP contribution >= 0.6 is 0 Å². The highest BCUT2D eigenvalue weighted by Crippen LogP contribution is 2.12. The Morgan fingerprint density at radius 2 is 2.16 bits per heavy atom. The van der Waals surface area contributed by atoms with Crippen LogP contribution in [0.15, 0.2) is 29.2 Å². The summed E-state index contributed by atoms with van der Waals surface area (Å²) < 4.78 is 23.9. The van der Waals surface area contributed by atoms with E-state index in [0.717, 1.165) is 0 Å². The van der Waals surface area contributed by atoms with Crippen LogP contribution in [0.5, 0.6) is 0 Å². The Labute approximate surface area is 112 Å². The molecular formula is C12H15N3O3S. The molecule has 1 aromatic carbocycles. The van der Waals surface area contributed by atoms with E-state index in [9.17, 15) is 13.2 Å². The molecule has 0 heterocycles. The predicted molar refractivity (Wildman–Crippen MR) is 70.1 cm³/mol. The molecule has 0 aliphatic heterocycles. The van der Waals surface area contributed by atoms with Crippen molar-refractivity contribution in [3.05, 3.63) is 29.8 Å². The lowest BCUT2D eigenvalue weighted by molar-refractivity contribution is -0.119. The number of nitrogens with one attached hydrogen (secondary N) is 2. The molecule has 0 bridgehead atoms. The third kappa shape index (κ3) is 4.69. The van der Waals surface area contributed by atoms with Crippen molar-refractivity contribution in [1.82, 2.24) is 10.6 Å². The van der Waals surface area contributed by atoms with Gasteiger partial charge in [0.25, 0.3) is 0 Å². The van der Waals surface area contributed by atoms with Crippen LogP contribution in [0.1, 0.15) is 5.56 Å². The number of nitrogens with zero attached hydrogens (tertiary/aromatic N) is 1. The fourth-order valence-corrected chi connectivity index (χ4v) is 2.61. The quantitative estimate of drug-likeness (QED) is 0.695. The largest absolute Gasteiger partial charge is 0.358 e. The van der Waals surface area contributed by atoms with Gasteiger partial charge in [0.15, 0.2) is 9.84 Å². The van der Waals surface area contributed by atoms with Gasteiger partial charge in [0.2, 0.25) is 5.91 Å². The molecule has 0 radical (unpaired) electrons. The Kier molecular flexibility index (Phi) is 5.48. The SMILES string of the molecule is CNC(=O)CNCCS(=O)(=O)c1cccc(C#N)c1. The maximum atomic E-state index is 12.0. The number of nitriles is 1. The van der Waals surface area contributed by atoms with E-state index in [4.69, 9.17) is 5.26 Å². The smallest absolute Gasteiger partial charge is 0.233 e. The van der Waals surface area contributed by atoms with Gasteiger partial charge in [-0.3, -0.25) is 4.79 Å². The van der Waals surface area contributed by atoms with E-state index in [1.807, 2.05) is 6.07 Å². The number of hydrogen-bond donors (Lipinski definition) is 2. The molecule has 6 nitrogen and oxygen atoms in total. The van der Waals surface area contributed by atoms with Gasteiger partial charge >= 0.3 is 0 Å². The summed E-state index contributed by atoms with van der Waals surface area (Å²) in [5, 5.41) is 13.9. The second-order valence-electron chi connectivity index (χ2n) is 3.81. The van der Waals surface area contributed by atoms with E-state index in [-0.39, 0.29) is 29.6 Å². The summed E-state index contributed by atoms with van der Waals surface area (Å²) in [6, 6.07) is 7.77. The molecule has 0 aliphatic rings. The average molecular weight is 281 g/mol.